The number of benzene rings is 1. The monoisotopic (exact) mass is 800 g/mol. The Morgan fingerprint density at radius 2 is 1.34 bits per heavy atom. The number of allylic oxidation sites excluding steroid dienone is 4. The molecule has 1 aromatic rings. The lowest BCUT2D eigenvalue weighted by atomic mass is 9.93. The molecule has 1 aliphatic rings. The summed E-state index contributed by atoms with van der Waals surface area (Å²) in [6.45, 7) is 38.9. The average molecular weight is 800 g/mol. The minimum Gasteiger partial charge on any atom is -0.494 e. The molecule has 58 heavy (non-hydrogen) atoms. The molecule has 2 radical (unpaired) electrons. The highest BCUT2D eigenvalue weighted by atomic mass is 16.5. The third-order valence-electron chi connectivity index (χ3n) is 9.79. The lowest BCUT2D eigenvalue weighted by Gasteiger charge is -2.36. The highest BCUT2D eigenvalue weighted by Crippen LogP contribution is 2.25. The van der Waals surface area contributed by atoms with Crippen molar-refractivity contribution in [2.45, 2.75) is 184 Å². The predicted octanol–water partition coefficient (Wildman–Crippen LogP) is 14.3. The molecule has 0 amide bonds. The summed E-state index contributed by atoms with van der Waals surface area (Å²) in [6, 6.07) is 10.9. The van der Waals surface area contributed by atoms with E-state index in [0.29, 0.717) is 23.0 Å². The first-order valence-electron chi connectivity index (χ1n) is 23.3. The van der Waals surface area contributed by atoms with Gasteiger partial charge in [-0.25, -0.2) is 0 Å². The van der Waals surface area contributed by atoms with Crippen molar-refractivity contribution in [3.63, 3.8) is 0 Å². The van der Waals surface area contributed by atoms with Crippen LogP contribution in [0.25, 0.3) is 0 Å². The van der Waals surface area contributed by atoms with Crippen LogP contribution in [0.15, 0.2) is 77.2 Å². The van der Waals surface area contributed by atoms with E-state index in [0.717, 1.165) is 75.6 Å². The number of nitrogens with one attached hydrogen (secondary N) is 1. The molecule has 2 atom stereocenters. The summed E-state index contributed by atoms with van der Waals surface area (Å²) in [7, 11) is 5.11. The van der Waals surface area contributed by atoms with E-state index in [-0.39, 0.29) is 6.04 Å². The molecule has 0 spiro atoms. The fraction of sp³-hybridized carbons (Fsp3) is 0.686. The molecule has 1 fully saturated rings. The maximum absolute atomic E-state index is 9.63. The summed E-state index contributed by atoms with van der Waals surface area (Å²) >= 11 is 0. The normalized spacial score (nSPS) is 14.0. The number of piperazine rings is 1. The number of unbranched alkanes of at least 4 members (excludes halogenated alkanes) is 11. The van der Waals surface area contributed by atoms with E-state index in [2.05, 4.69) is 105 Å². The molecular formula is C51H90BN5O. The van der Waals surface area contributed by atoms with Crippen molar-refractivity contribution in [1.29, 1.82) is 5.26 Å². The van der Waals surface area contributed by atoms with Crippen LogP contribution in [0.5, 0.6) is 5.75 Å². The van der Waals surface area contributed by atoms with Gasteiger partial charge in [0.25, 0.3) is 0 Å². The Hall–Kier alpha value is -3.24. The van der Waals surface area contributed by atoms with Crippen molar-refractivity contribution in [2.75, 3.05) is 39.3 Å². The van der Waals surface area contributed by atoms with Crippen molar-refractivity contribution in [1.82, 2.24) is 15.1 Å². The first kappa shape index (κ1) is 56.9. The summed E-state index contributed by atoms with van der Waals surface area (Å²) in [5.41, 5.74) is 4.54. The van der Waals surface area contributed by atoms with Crippen molar-refractivity contribution in [3.8, 4) is 11.8 Å². The number of ether oxygens (including phenoxy) is 1. The first-order valence-corrected chi connectivity index (χ1v) is 23.3. The zero-order valence-corrected chi connectivity index (χ0v) is 39.6. The molecule has 1 N–H and O–H groups in total. The van der Waals surface area contributed by atoms with Crippen LogP contribution in [0.3, 0.4) is 0 Å². The molecule has 0 aromatic heterocycles. The second-order valence-corrected chi connectivity index (χ2v) is 15.9. The van der Waals surface area contributed by atoms with Crippen molar-refractivity contribution in [3.05, 3.63) is 77.8 Å². The van der Waals surface area contributed by atoms with Gasteiger partial charge in [-0.2, -0.15) is 5.26 Å². The van der Waals surface area contributed by atoms with Crippen LogP contribution in [0, 0.1) is 17.2 Å². The molecule has 328 valence electrons. The van der Waals surface area contributed by atoms with Crippen LogP contribution >= 0.6 is 0 Å². The highest BCUT2D eigenvalue weighted by Gasteiger charge is 2.17. The second-order valence-electron chi connectivity index (χ2n) is 15.9. The summed E-state index contributed by atoms with van der Waals surface area (Å²) in [5, 5.41) is 13.1. The summed E-state index contributed by atoms with van der Waals surface area (Å²) in [6.07, 6.45) is 24.3. The minimum absolute atomic E-state index is 0.128. The van der Waals surface area contributed by atoms with E-state index in [4.69, 9.17) is 12.6 Å². The van der Waals surface area contributed by atoms with Crippen LogP contribution in [-0.2, 0) is 0 Å². The highest BCUT2D eigenvalue weighted by molar-refractivity contribution is 6.10. The smallest absolute Gasteiger partial charge is 0.119 e. The average Bonchev–Trinajstić information content (AvgIpc) is 3.22. The number of hydrogen-bond donors (Lipinski definition) is 1. The van der Waals surface area contributed by atoms with Crippen LogP contribution in [0.1, 0.15) is 184 Å². The van der Waals surface area contributed by atoms with E-state index in [1.165, 1.54) is 89.2 Å². The Morgan fingerprint density at radius 1 is 0.862 bits per heavy atom. The van der Waals surface area contributed by atoms with Gasteiger partial charge in [0.15, 0.2) is 0 Å². The fourth-order valence-corrected chi connectivity index (χ4v) is 6.33. The van der Waals surface area contributed by atoms with Crippen LogP contribution < -0.4 is 10.1 Å². The van der Waals surface area contributed by atoms with E-state index in [1.807, 2.05) is 46.8 Å². The third-order valence-corrected chi connectivity index (χ3v) is 9.79. The molecule has 2 rings (SSSR count). The molecule has 1 aromatic carbocycles. The molecule has 0 aliphatic carbocycles. The maximum Gasteiger partial charge on any atom is 0.119 e. The number of aliphatic imine (C=N–C) groups is 1. The number of rotatable bonds is 27. The van der Waals surface area contributed by atoms with E-state index < -0.39 is 0 Å². The standard InChI is InChI=1S/C43H69N5O.C3H7B.C3H8.C2H6/c1-8-22-43(46-39(6)41(35-44)33-36(3)9-2)40-23-25-42(26-24-40)49-32-21-19-17-15-13-11-10-12-14-16-18-20-27-47-28-30-48(31-29-47)38(5)34-37(4)45-7;1-3(2)4;1-3-2;1-2/h23-26,33-34,36,43,46H,5-22,27-32H2,1-4H3;3H,1-2H3;3H2,1-2H3;1-2H3/b37-34-,41-33+;;;. The van der Waals surface area contributed by atoms with Gasteiger partial charge in [0, 0.05) is 43.3 Å². The van der Waals surface area contributed by atoms with Gasteiger partial charge in [0.05, 0.1) is 26.1 Å². The number of nitriles is 1. The maximum atomic E-state index is 9.63. The van der Waals surface area contributed by atoms with Gasteiger partial charge in [-0.3, -0.25) is 9.89 Å². The van der Waals surface area contributed by atoms with Crippen LogP contribution in [0.4, 0.5) is 0 Å². The zero-order valence-electron chi connectivity index (χ0n) is 39.6. The van der Waals surface area contributed by atoms with Crippen LogP contribution in [-0.4, -0.2) is 63.7 Å². The number of nitrogens with zero attached hydrogens (tertiary/aromatic N) is 4. The molecule has 7 heteroatoms. The molecule has 2 unspecified atom stereocenters. The minimum atomic E-state index is 0.128. The van der Waals surface area contributed by atoms with Crippen molar-refractivity contribution in [2.24, 2.45) is 10.9 Å². The Labute approximate surface area is 362 Å². The van der Waals surface area contributed by atoms with E-state index in [9.17, 15) is 5.26 Å². The van der Waals surface area contributed by atoms with Gasteiger partial charge >= 0.3 is 0 Å². The number of hydrogen-bond acceptors (Lipinski definition) is 6. The van der Waals surface area contributed by atoms with E-state index in [1.54, 1.807) is 0 Å². The Morgan fingerprint density at radius 3 is 1.79 bits per heavy atom. The lowest BCUT2D eigenvalue weighted by molar-refractivity contribution is 0.160. The fourth-order valence-electron chi connectivity index (χ4n) is 6.33. The largest absolute Gasteiger partial charge is 0.494 e. The van der Waals surface area contributed by atoms with Crippen LogP contribution in [0.2, 0.25) is 5.82 Å². The van der Waals surface area contributed by atoms with Crippen molar-refractivity contribution >= 4 is 14.6 Å². The lowest BCUT2D eigenvalue weighted by Crippen LogP contribution is -2.45. The first-order chi connectivity index (χ1) is 27.9. The predicted molar refractivity (Wildman–Crippen MR) is 259 cm³/mol. The second kappa shape index (κ2) is 39.2. The Bertz CT molecular complexity index is 1250. The quantitative estimate of drug-likeness (QED) is 0.0316. The Balaban J connectivity index is 0. The molecule has 1 aliphatic heterocycles. The molecular weight excluding hydrogens is 709 g/mol. The summed E-state index contributed by atoms with van der Waals surface area (Å²) < 4.78 is 6.05. The molecule has 6 nitrogen and oxygen atoms in total. The van der Waals surface area contributed by atoms with Gasteiger partial charge in [-0.15, -0.1) is 0 Å². The van der Waals surface area contributed by atoms with Gasteiger partial charge in [-0.1, -0.05) is 183 Å². The SMILES string of the molecule is C=N/C(C)=C\C(=C)N1CCN(CCCCCCCCCCCCCCOc2ccc(C(CCC)NC(=C)/C(C#N)=C/C(C)CC)cc2)CC1.CC.CCC.[B]C(C)C. The molecule has 1 heterocycles. The topological polar surface area (TPSA) is 63.9 Å². The third kappa shape index (κ3) is 30.8. The summed E-state index contributed by atoms with van der Waals surface area (Å²) in [4.78, 5) is 8.94. The zero-order chi connectivity index (χ0) is 44.0. The molecule has 0 saturated carbocycles. The van der Waals surface area contributed by atoms with Crippen molar-refractivity contribution < 1.29 is 4.74 Å². The molecule has 1 saturated heterocycles. The summed E-state index contributed by atoms with van der Waals surface area (Å²) in [5.74, 6) is 1.62. The molecule has 0 bridgehead atoms. The van der Waals surface area contributed by atoms with Gasteiger partial charge in [0.1, 0.15) is 11.8 Å². The van der Waals surface area contributed by atoms with Gasteiger partial charge in [0.2, 0.25) is 0 Å². The van der Waals surface area contributed by atoms with E-state index >= 15 is 0 Å². The van der Waals surface area contributed by atoms with Gasteiger partial charge in [-0.05, 0) is 69.1 Å². The Kier molecular flexibility index (Phi) is 38.5. The van der Waals surface area contributed by atoms with Gasteiger partial charge < -0.3 is 15.0 Å².